The van der Waals surface area contributed by atoms with Crippen molar-refractivity contribution in [1.82, 2.24) is 5.32 Å². The van der Waals surface area contributed by atoms with Crippen LogP contribution in [0.25, 0.3) is 0 Å². The molecule has 27 heavy (non-hydrogen) atoms. The van der Waals surface area contributed by atoms with Crippen molar-refractivity contribution in [3.63, 3.8) is 0 Å². The third kappa shape index (κ3) is 6.07. The van der Waals surface area contributed by atoms with Gasteiger partial charge in [0.05, 0.1) is 24.8 Å². The van der Waals surface area contributed by atoms with Crippen molar-refractivity contribution >= 4 is 34.9 Å². The summed E-state index contributed by atoms with van der Waals surface area (Å²) in [5.41, 5.74) is 1.48. The Kier molecular flexibility index (Phi) is 7.76. The average molecular weight is 386 g/mol. The minimum Gasteiger partial charge on any atom is -0.493 e. The highest BCUT2D eigenvalue weighted by atomic mass is 32.1. The molecule has 0 fully saturated rings. The smallest absolute Gasteiger partial charge is 0.337 e. The second-order valence-corrected chi connectivity index (χ2v) is 6.08. The number of thiocarbonyl (C=S) groups is 1. The Bertz CT molecular complexity index is 806. The van der Waals surface area contributed by atoms with Crippen LogP contribution in [-0.2, 0) is 4.74 Å². The van der Waals surface area contributed by atoms with Crippen molar-refractivity contribution in [3.8, 4) is 5.75 Å². The second kappa shape index (κ2) is 10.3. The highest BCUT2D eigenvalue weighted by molar-refractivity contribution is 7.80. The van der Waals surface area contributed by atoms with Crippen LogP contribution >= 0.6 is 12.2 Å². The van der Waals surface area contributed by atoms with Crippen molar-refractivity contribution in [2.45, 2.75) is 19.8 Å². The lowest BCUT2D eigenvalue weighted by molar-refractivity contribution is 0.0600. The molecule has 0 aliphatic rings. The van der Waals surface area contributed by atoms with E-state index in [0.29, 0.717) is 29.2 Å². The number of carbonyl (C=O) groups excluding carboxylic acids is 2. The predicted molar refractivity (Wildman–Crippen MR) is 108 cm³/mol. The van der Waals surface area contributed by atoms with E-state index < -0.39 is 5.97 Å². The van der Waals surface area contributed by atoms with Crippen molar-refractivity contribution in [3.05, 3.63) is 59.7 Å². The van der Waals surface area contributed by atoms with E-state index in [-0.39, 0.29) is 11.0 Å². The number of unbranched alkanes of at least 4 members (excludes halogenated alkanes) is 1. The van der Waals surface area contributed by atoms with Gasteiger partial charge in [-0.05, 0) is 55.0 Å². The molecule has 1 amide bonds. The SMILES string of the molecule is CCCCOc1ccccc1C(=O)NC(=S)Nc1ccc(C(=O)OC)cc1. The van der Waals surface area contributed by atoms with Gasteiger partial charge in [0.25, 0.3) is 5.91 Å². The normalized spacial score (nSPS) is 10.0. The number of ether oxygens (including phenoxy) is 2. The fourth-order valence-corrected chi connectivity index (χ4v) is 2.46. The minimum absolute atomic E-state index is 0.147. The number of hydrogen-bond acceptors (Lipinski definition) is 5. The van der Waals surface area contributed by atoms with Crippen LogP contribution in [0.15, 0.2) is 48.5 Å². The highest BCUT2D eigenvalue weighted by Crippen LogP contribution is 2.18. The summed E-state index contributed by atoms with van der Waals surface area (Å²) in [5, 5.41) is 5.69. The summed E-state index contributed by atoms with van der Waals surface area (Å²) in [7, 11) is 1.32. The van der Waals surface area contributed by atoms with E-state index in [1.54, 1.807) is 42.5 Å². The zero-order chi connectivity index (χ0) is 19.6. The predicted octanol–water partition coefficient (Wildman–Crippen LogP) is 3.78. The molecule has 0 saturated carbocycles. The van der Waals surface area contributed by atoms with E-state index >= 15 is 0 Å². The van der Waals surface area contributed by atoms with Gasteiger partial charge in [0.1, 0.15) is 5.75 Å². The Morgan fingerprint density at radius 2 is 1.78 bits per heavy atom. The Morgan fingerprint density at radius 1 is 1.07 bits per heavy atom. The first-order valence-corrected chi connectivity index (χ1v) is 8.98. The maximum absolute atomic E-state index is 12.5. The monoisotopic (exact) mass is 386 g/mol. The van der Waals surface area contributed by atoms with Crippen LogP contribution in [0.5, 0.6) is 5.75 Å². The molecule has 0 spiro atoms. The number of benzene rings is 2. The summed E-state index contributed by atoms with van der Waals surface area (Å²) < 4.78 is 10.3. The number of amides is 1. The number of para-hydroxylation sites is 1. The fraction of sp³-hybridized carbons (Fsp3) is 0.250. The van der Waals surface area contributed by atoms with Gasteiger partial charge in [-0.1, -0.05) is 25.5 Å². The summed E-state index contributed by atoms with van der Waals surface area (Å²) in [5.74, 6) is -0.253. The van der Waals surface area contributed by atoms with Gasteiger partial charge >= 0.3 is 5.97 Å². The first-order valence-electron chi connectivity index (χ1n) is 8.57. The molecule has 0 aliphatic carbocycles. The van der Waals surface area contributed by atoms with Crippen molar-refractivity contribution in [1.29, 1.82) is 0 Å². The maximum Gasteiger partial charge on any atom is 0.337 e. The highest BCUT2D eigenvalue weighted by Gasteiger charge is 2.14. The third-order valence-corrected chi connectivity index (χ3v) is 3.88. The van der Waals surface area contributed by atoms with Crippen LogP contribution in [-0.4, -0.2) is 30.7 Å². The largest absolute Gasteiger partial charge is 0.493 e. The van der Waals surface area contributed by atoms with E-state index in [1.807, 2.05) is 6.07 Å². The van der Waals surface area contributed by atoms with Gasteiger partial charge in [0, 0.05) is 5.69 Å². The molecule has 2 aromatic carbocycles. The third-order valence-electron chi connectivity index (χ3n) is 3.68. The quantitative estimate of drug-likeness (QED) is 0.428. The van der Waals surface area contributed by atoms with Crippen LogP contribution in [0.2, 0.25) is 0 Å². The zero-order valence-electron chi connectivity index (χ0n) is 15.3. The summed E-state index contributed by atoms with van der Waals surface area (Å²) in [4.78, 5) is 23.9. The molecule has 6 nitrogen and oxygen atoms in total. The molecule has 142 valence electrons. The fourth-order valence-electron chi connectivity index (χ4n) is 2.25. The van der Waals surface area contributed by atoms with Gasteiger partial charge in [-0.2, -0.15) is 0 Å². The molecule has 7 heteroatoms. The number of carbonyl (C=O) groups is 2. The van der Waals surface area contributed by atoms with Gasteiger partial charge in [0.2, 0.25) is 0 Å². The first-order chi connectivity index (χ1) is 13.0. The van der Waals surface area contributed by atoms with Crippen molar-refractivity contribution in [2.75, 3.05) is 19.0 Å². The summed E-state index contributed by atoms with van der Waals surface area (Å²) in [6.07, 6.45) is 1.93. The average Bonchev–Trinajstić information content (AvgIpc) is 2.68. The lowest BCUT2D eigenvalue weighted by atomic mass is 10.2. The number of esters is 1. The van der Waals surface area contributed by atoms with Crippen LogP contribution in [0, 0.1) is 0 Å². The molecule has 0 aliphatic heterocycles. The lowest BCUT2D eigenvalue weighted by Crippen LogP contribution is -2.34. The van der Waals surface area contributed by atoms with Gasteiger partial charge in [0.15, 0.2) is 5.11 Å². The van der Waals surface area contributed by atoms with Crippen molar-refractivity contribution in [2.24, 2.45) is 0 Å². The molecule has 0 atom stereocenters. The standard InChI is InChI=1S/C20H22N2O4S/c1-3-4-13-26-17-8-6-5-7-16(17)18(23)22-20(27)21-15-11-9-14(10-12-15)19(24)25-2/h5-12H,3-4,13H2,1-2H3,(H2,21,22,23,27). The number of hydrogen-bond donors (Lipinski definition) is 2. The van der Waals surface area contributed by atoms with E-state index in [4.69, 9.17) is 17.0 Å². The van der Waals surface area contributed by atoms with E-state index in [2.05, 4.69) is 22.3 Å². The minimum atomic E-state index is -0.419. The molecule has 0 heterocycles. The topological polar surface area (TPSA) is 76.7 Å². The molecule has 0 radical (unpaired) electrons. The molecular weight excluding hydrogens is 364 g/mol. The van der Waals surface area contributed by atoms with Gasteiger partial charge < -0.3 is 14.8 Å². The maximum atomic E-state index is 12.5. The van der Waals surface area contributed by atoms with Crippen molar-refractivity contribution < 1.29 is 19.1 Å². The summed E-state index contributed by atoms with van der Waals surface area (Å²) in [6, 6.07) is 13.6. The summed E-state index contributed by atoms with van der Waals surface area (Å²) in [6.45, 7) is 2.62. The van der Waals surface area contributed by atoms with Gasteiger partial charge in [-0.15, -0.1) is 0 Å². The van der Waals surface area contributed by atoms with E-state index in [0.717, 1.165) is 12.8 Å². The Labute approximate surface area is 163 Å². The molecule has 2 N–H and O–H groups in total. The second-order valence-electron chi connectivity index (χ2n) is 5.68. The Balaban J connectivity index is 1.97. The van der Waals surface area contributed by atoms with Crippen LogP contribution in [0.1, 0.15) is 40.5 Å². The summed E-state index contributed by atoms with van der Waals surface area (Å²) >= 11 is 5.19. The number of anilines is 1. The lowest BCUT2D eigenvalue weighted by Gasteiger charge is -2.13. The molecule has 0 bridgehead atoms. The molecule has 0 unspecified atom stereocenters. The zero-order valence-corrected chi connectivity index (χ0v) is 16.1. The Morgan fingerprint density at radius 3 is 2.44 bits per heavy atom. The first kappa shape index (κ1) is 20.4. The Hall–Kier alpha value is -2.93. The number of nitrogens with one attached hydrogen (secondary N) is 2. The van der Waals surface area contributed by atoms with Crippen LogP contribution < -0.4 is 15.4 Å². The van der Waals surface area contributed by atoms with Gasteiger partial charge in [-0.25, -0.2) is 4.79 Å². The van der Waals surface area contributed by atoms with Gasteiger partial charge in [-0.3, -0.25) is 10.1 Å². The van der Waals surface area contributed by atoms with Crippen LogP contribution in [0.3, 0.4) is 0 Å². The molecule has 0 aromatic heterocycles. The molecule has 2 aromatic rings. The molecule has 0 saturated heterocycles. The number of rotatable bonds is 7. The number of methoxy groups -OCH3 is 1. The molecule has 2 rings (SSSR count). The van der Waals surface area contributed by atoms with Crippen LogP contribution in [0.4, 0.5) is 5.69 Å². The molecular formula is C20H22N2O4S. The van der Waals surface area contributed by atoms with E-state index in [9.17, 15) is 9.59 Å². The van der Waals surface area contributed by atoms with E-state index in [1.165, 1.54) is 7.11 Å².